The first kappa shape index (κ1) is 31.4. The zero-order valence-corrected chi connectivity index (χ0v) is 23.8. The van der Waals surface area contributed by atoms with Crippen molar-refractivity contribution < 1.29 is 27.5 Å². The van der Waals surface area contributed by atoms with Crippen LogP contribution in [0.4, 0.5) is 23.8 Å². The molecule has 9 nitrogen and oxygen atoms in total. The number of benzene rings is 1. The number of nitrogens with zero attached hydrogens (tertiary/aromatic N) is 3. The van der Waals surface area contributed by atoms with E-state index < -0.39 is 23.3 Å². The topological polar surface area (TPSA) is 115 Å². The molecule has 2 N–H and O–H groups in total. The lowest BCUT2D eigenvalue weighted by Crippen LogP contribution is -2.29. The molecular formula is C28H30F3N5O4S. The average molecular weight is 590 g/mol. The van der Waals surface area contributed by atoms with Gasteiger partial charge in [-0.05, 0) is 30.2 Å². The van der Waals surface area contributed by atoms with Crippen molar-refractivity contribution in [3.05, 3.63) is 63.5 Å². The number of ether oxygens (including phenoxy) is 1. The van der Waals surface area contributed by atoms with Crippen molar-refractivity contribution in [1.82, 2.24) is 19.9 Å². The van der Waals surface area contributed by atoms with Crippen LogP contribution in [0.3, 0.4) is 0 Å². The molecule has 4 aromatic rings. The molecule has 4 rings (SSSR count). The first-order valence-corrected chi connectivity index (χ1v) is 13.7. The zero-order chi connectivity index (χ0) is 30.2. The highest BCUT2D eigenvalue weighted by Gasteiger charge is 2.34. The van der Waals surface area contributed by atoms with Gasteiger partial charge in [-0.15, -0.1) is 11.3 Å². The monoisotopic (exact) mass is 589 g/mol. The van der Waals surface area contributed by atoms with Gasteiger partial charge in [0.05, 0.1) is 17.7 Å². The van der Waals surface area contributed by atoms with Crippen LogP contribution >= 0.6 is 11.3 Å². The highest BCUT2D eigenvalue weighted by molar-refractivity contribution is 7.13. The van der Waals surface area contributed by atoms with Gasteiger partial charge in [0, 0.05) is 54.5 Å². The quantitative estimate of drug-likeness (QED) is 0.224. The number of aromatic nitrogens is 3. The number of hydrogen-bond donors (Lipinski definition) is 2. The Labute approximate surface area is 238 Å². The predicted molar refractivity (Wildman–Crippen MR) is 153 cm³/mol. The summed E-state index contributed by atoms with van der Waals surface area (Å²) < 4.78 is 46.8. The van der Waals surface area contributed by atoms with Crippen LogP contribution < -0.4 is 16.1 Å². The Morgan fingerprint density at radius 3 is 2.59 bits per heavy atom. The van der Waals surface area contributed by atoms with Crippen molar-refractivity contribution in [2.75, 3.05) is 25.6 Å². The number of anilines is 1. The van der Waals surface area contributed by atoms with Crippen molar-refractivity contribution in [3.8, 4) is 21.7 Å². The Morgan fingerprint density at radius 1 is 1.20 bits per heavy atom. The molecule has 3 heterocycles. The molecule has 3 aromatic heterocycles. The van der Waals surface area contributed by atoms with E-state index in [0.29, 0.717) is 49.0 Å². The standard InChI is InChI=1S/C26H24F3N5O4S.C2H6/c1-3-6-30-25(37)33-22-10-17(24-32-21(14-39-24)26(27,28)29)19(11-31-22)15-4-5-20-18(9-15)23(36)16(13-35)12-34(20)7-8-38-2;1-2/h4-5,9-14H,3,6-8H2,1-2H3,(H2,30,31,33,37);1-2H3. The smallest absolute Gasteiger partial charge is 0.383 e. The SMILES string of the molecule is CC.CCCNC(=O)Nc1cc(-c2nc(C(F)(F)F)cs2)c(-c2ccc3c(c2)c(=O)c(C=O)cn3CCOC)cn1. The summed E-state index contributed by atoms with van der Waals surface area (Å²) >= 11 is 0.791. The van der Waals surface area contributed by atoms with Gasteiger partial charge in [0.15, 0.2) is 17.4 Å². The largest absolute Gasteiger partial charge is 0.434 e. The Hall–Kier alpha value is -4.10. The number of carbonyl (C=O) groups excluding carboxylic acids is 2. The first-order chi connectivity index (χ1) is 19.7. The number of hydrogen-bond acceptors (Lipinski definition) is 7. The van der Waals surface area contributed by atoms with Gasteiger partial charge in [-0.2, -0.15) is 13.2 Å². The number of halogens is 3. The molecule has 218 valence electrons. The summed E-state index contributed by atoms with van der Waals surface area (Å²) in [5.74, 6) is 0.108. The fourth-order valence-corrected chi connectivity index (χ4v) is 4.76. The molecule has 0 unspecified atom stereocenters. The van der Waals surface area contributed by atoms with E-state index in [4.69, 9.17) is 4.74 Å². The minimum Gasteiger partial charge on any atom is -0.383 e. The molecule has 0 radical (unpaired) electrons. The van der Waals surface area contributed by atoms with Crippen LogP contribution in [0.25, 0.3) is 32.6 Å². The molecule has 0 aliphatic carbocycles. The number of urea groups is 1. The van der Waals surface area contributed by atoms with Gasteiger partial charge in [-0.1, -0.05) is 26.8 Å². The first-order valence-electron chi connectivity index (χ1n) is 12.9. The number of nitrogens with one attached hydrogen (secondary N) is 2. The van der Waals surface area contributed by atoms with Crippen LogP contribution in [-0.2, 0) is 17.5 Å². The summed E-state index contributed by atoms with van der Waals surface area (Å²) in [4.78, 5) is 44.8. The molecule has 0 bridgehead atoms. The van der Waals surface area contributed by atoms with E-state index in [1.807, 2.05) is 20.8 Å². The molecule has 0 atom stereocenters. The van der Waals surface area contributed by atoms with E-state index in [0.717, 1.165) is 16.7 Å². The number of methoxy groups -OCH3 is 1. The Balaban J connectivity index is 0.00000226. The van der Waals surface area contributed by atoms with E-state index >= 15 is 0 Å². The van der Waals surface area contributed by atoms with E-state index in [9.17, 15) is 27.6 Å². The van der Waals surface area contributed by atoms with Gasteiger partial charge in [-0.3, -0.25) is 14.9 Å². The summed E-state index contributed by atoms with van der Waals surface area (Å²) in [5, 5.41) is 6.42. The van der Waals surface area contributed by atoms with Crippen LogP contribution in [0.1, 0.15) is 43.2 Å². The van der Waals surface area contributed by atoms with Gasteiger partial charge in [0.1, 0.15) is 10.8 Å². The molecule has 41 heavy (non-hydrogen) atoms. The molecule has 0 aliphatic heterocycles. The summed E-state index contributed by atoms with van der Waals surface area (Å²) in [6.45, 7) is 7.05. The fourth-order valence-electron chi connectivity index (χ4n) is 3.90. The minimum atomic E-state index is -4.63. The third-order valence-corrected chi connectivity index (χ3v) is 6.66. The van der Waals surface area contributed by atoms with E-state index in [1.165, 1.54) is 25.6 Å². The second kappa shape index (κ2) is 14.0. The number of amides is 2. The minimum absolute atomic E-state index is 0.0403. The maximum Gasteiger partial charge on any atom is 0.434 e. The Kier molecular flexibility index (Phi) is 10.7. The predicted octanol–water partition coefficient (Wildman–Crippen LogP) is 6.22. The Morgan fingerprint density at radius 2 is 1.95 bits per heavy atom. The third kappa shape index (κ3) is 7.35. The normalized spacial score (nSPS) is 11.1. The van der Waals surface area contributed by atoms with Gasteiger partial charge in [0.2, 0.25) is 0 Å². The third-order valence-electron chi connectivity index (χ3n) is 5.79. The van der Waals surface area contributed by atoms with Crippen LogP contribution in [0.5, 0.6) is 0 Å². The summed E-state index contributed by atoms with van der Waals surface area (Å²) in [6, 6.07) is 5.87. The highest BCUT2D eigenvalue weighted by atomic mass is 32.1. The van der Waals surface area contributed by atoms with Gasteiger partial charge >= 0.3 is 12.2 Å². The molecule has 0 spiro atoms. The fraction of sp³-hybridized carbons (Fsp3) is 0.321. The molecule has 0 aliphatic rings. The maximum absolute atomic E-state index is 13.3. The van der Waals surface area contributed by atoms with Crippen molar-refractivity contribution in [2.45, 2.75) is 39.9 Å². The summed E-state index contributed by atoms with van der Waals surface area (Å²) in [6.07, 6.45) is -0.589. The Bertz CT molecular complexity index is 1580. The highest BCUT2D eigenvalue weighted by Crippen LogP contribution is 2.39. The van der Waals surface area contributed by atoms with Gasteiger partial charge in [-0.25, -0.2) is 14.8 Å². The maximum atomic E-state index is 13.3. The lowest BCUT2D eigenvalue weighted by molar-refractivity contribution is -0.140. The molecule has 13 heteroatoms. The van der Waals surface area contributed by atoms with Crippen molar-refractivity contribution in [1.29, 1.82) is 0 Å². The van der Waals surface area contributed by atoms with E-state index in [-0.39, 0.29) is 27.3 Å². The van der Waals surface area contributed by atoms with Crippen LogP contribution in [-0.4, -0.2) is 47.1 Å². The lowest BCUT2D eigenvalue weighted by atomic mass is 9.99. The van der Waals surface area contributed by atoms with Crippen LogP contribution in [0, 0.1) is 0 Å². The van der Waals surface area contributed by atoms with E-state index in [2.05, 4.69) is 20.6 Å². The second-order valence-electron chi connectivity index (χ2n) is 8.48. The number of rotatable bonds is 9. The molecule has 1 aromatic carbocycles. The number of pyridine rings is 2. The zero-order valence-electron chi connectivity index (χ0n) is 23.0. The molecular weight excluding hydrogens is 559 g/mol. The van der Waals surface area contributed by atoms with Crippen LogP contribution in [0.15, 0.2) is 46.8 Å². The summed E-state index contributed by atoms with van der Waals surface area (Å²) in [7, 11) is 1.53. The molecule has 0 saturated heterocycles. The van der Waals surface area contributed by atoms with E-state index in [1.54, 1.807) is 22.8 Å². The van der Waals surface area contributed by atoms with Crippen LogP contribution in [0.2, 0.25) is 0 Å². The lowest BCUT2D eigenvalue weighted by Gasteiger charge is -2.14. The number of aldehydes is 1. The van der Waals surface area contributed by atoms with Crippen molar-refractivity contribution >= 4 is 40.4 Å². The molecule has 2 amide bonds. The number of carbonyl (C=O) groups is 2. The van der Waals surface area contributed by atoms with Gasteiger partial charge < -0.3 is 14.6 Å². The van der Waals surface area contributed by atoms with Crippen molar-refractivity contribution in [3.63, 3.8) is 0 Å². The summed E-state index contributed by atoms with van der Waals surface area (Å²) in [5.41, 5.74) is 0.122. The number of alkyl halides is 3. The number of fused-ring (bicyclic) bond motifs is 1. The van der Waals surface area contributed by atoms with Crippen molar-refractivity contribution in [2.24, 2.45) is 0 Å². The molecule has 0 saturated carbocycles. The second-order valence-corrected chi connectivity index (χ2v) is 9.34. The molecule has 0 fully saturated rings. The average Bonchev–Trinajstić information content (AvgIpc) is 3.48. The van der Waals surface area contributed by atoms with Gasteiger partial charge in [0.25, 0.3) is 0 Å². The number of thiazole rings is 1.